The van der Waals surface area contributed by atoms with E-state index in [1.54, 1.807) is 0 Å². The van der Waals surface area contributed by atoms with Gasteiger partial charge in [-0.25, -0.2) is 4.79 Å². The van der Waals surface area contributed by atoms with Gasteiger partial charge in [0.05, 0.1) is 13.2 Å². The minimum absolute atomic E-state index is 0.0825. The Bertz CT molecular complexity index is 1360. The first-order valence-electron chi connectivity index (χ1n) is 17.6. The van der Waals surface area contributed by atoms with Crippen molar-refractivity contribution < 1.29 is 23.1 Å². The molecule has 1 saturated heterocycles. The quantitative estimate of drug-likeness (QED) is 0.128. The average Bonchev–Trinajstić information content (AvgIpc) is 3.32. The van der Waals surface area contributed by atoms with Gasteiger partial charge in [0.2, 0.25) is 6.29 Å². The molecule has 47 heavy (non-hydrogen) atoms. The monoisotopic (exact) mass is 676 g/mol. The molecule has 1 heterocycles. The fourth-order valence-corrected chi connectivity index (χ4v) is 12.4. The molecule has 2 aromatic carbocycles. The van der Waals surface area contributed by atoms with E-state index in [4.69, 9.17) is 18.3 Å². The number of unbranched alkanes of at least 4 members (excludes halogenated alkanes) is 1. The van der Waals surface area contributed by atoms with Crippen molar-refractivity contribution in [2.24, 2.45) is 11.8 Å². The Morgan fingerprint density at radius 2 is 1.51 bits per heavy atom. The molecule has 0 unspecified atom stereocenters. The highest BCUT2D eigenvalue weighted by Gasteiger charge is 2.57. The minimum atomic E-state index is -2.74. The Morgan fingerprint density at radius 1 is 0.936 bits per heavy atom. The first-order chi connectivity index (χ1) is 22.0. The Morgan fingerprint density at radius 3 is 2.02 bits per heavy atom. The number of ether oxygens (including phenoxy) is 2. The van der Waals surface area contributed by atoms with Crippen molar-refractivity contribution >= 4 is 33.0 Å². The van der Waals surface area contributed by atoms with Crippen LogP contribution in [0.15, 0.2) is 84.0 Å². The van der Waals surface area contributed by atoms with Gasteiger partial charge in [0.25, 0.3) is 8.32 Å². The number of hydrogen-bond acceptors (Lipinski definition) is 5. The third-order valence-electron chi connectivity index (χ3n) is 10.7. The lowest BCUT2D eigenvalue weighted by Crippen LogP contribution is -2.66. The fraction of sp³-hybridized carbons (Fsp3) is 0.575. The van der Waals surface area contributed by atoms with E-state index in [0.717, 1.165) is 24.8 Å². The van der Waals surface area contributed by atoms with Crippen LogP contribution in [0.2, 0.25) is 23.2 Å². The molecule has 2 aliphatic rings. The van der Waals surface area contributed by atoms with Crippen molar-refractivity contribution in [2.75, 3.05) is 13.2 Å². The highest BCUT2D eigenvalue weighted by atomic mass is 28.4. The Labute approximate surface area is 287 Å². The van der Waals surface area contributed by atoms with Gasteiger partial charge in [0.15, 0.2) is 13.9 Å². The van der Waals surface area contributed by atoms with Gasteiger partial charge in [0.1, 0.15) is 0 Å². The highest BCUT2D eigenvalue weighted by Crippen LogP contribution is 2.47. The molecule has 0 saturated carbocycles. The van der Waals surface area contributed by atoms with Gasteiger partial charge >= 0.3 is 5.97 Å². The van der Waals surface area contributed by atoms with Crippen LogP contribution in [0.25, 0.3) is 0 Å². The highest BCUT2D eigenvalue weighted by molar-refractivity contribution is 6.99. The number of rotatable bonds is 12. The summed E-state index contributed by atoms with van der Waals surface area (Å²) in [5.41, 5.74) is 1.26. The van der Waals surface area contributed by atoms with E-state index in [0.29, 0.717) is 19.6 Å². The Hall–Kier alpha value is -2.30. The molecule has 258 valence electrons. The van der Waals surface area contributed by atoms with E-state index in [-0.39, 0.29) is 27.9 Å². The molecule has 0 radical (unpaired) electrons. The van der Waals surface area contributed by atoms with Gasteiger partial charge in [-0.05, 0) is 64.8 Å². The minimum Gasteiger partial charge on any atom is -0.434 e. The normalized spacial score (nSPS) is 24.4. The van der Waals surface area contributed by atoms with Crippen molar-refractivity contribution in [3.05, 3.63) is 84.0 Å². The van der Waals surface area contributed by atoms with Gasteiger partial charge in [-0.2, -0.15) is 0 Å². The van der Waals surface area contributed by atoms with Crippen LogP contribution < -0.4 is 10.4 Å². The topological polar surface area (TPSA) is 54.0 Å². The third-order valence-corrected chi connectivity index (χ3v) is 20.2. The van der Waals surface area contributed by atoms with Crippen molar-refractivity contribution in [2.45, 2.75) is 123 Å². The maximum Gasteiger partial charge on any atom is 0.341 e. The van der Waals surface area contributed by atoms with Crippen molar-refractivity contribution in [1.82, 2.24) is 0 Å². The lowest BCUT2D eigenvalue weighted by Gasteiger charge is -2.44. The van der Waals surface area contributed by atoms with E-state index >= 15 is 0 Å². The summed E-state index contributed by atoms with van der Waals surface area (Å²) in [5.74, 6) is -0.439. The third kappa shape index (κ3) is 7.96. The van der Waals surface area contributed by atoms with Crippen LogP contribution in [-0.2, 0) is 23.1 Å². The summed E-state index contributed by atoms with van der Waals surface area (Å²) >= 11 is 0. The molecule has 1 aliphatic heterocycles. The van der Waals surface area contributed by atoms with Gasteiger partial charge in [-0.1, -0.05) is 140 Å². The van der Waals surface area contributed by atoms with Crippen LogP contribution in [0, 0.1) is 11.8 Å². The van der Waals surface area contributed by atoms with Gasteiger partial charge in [-0.15, -0.1) is 0 Å². The largest absolute Gasteiger partial charge is 0.434 e. The van der Waals surface area contributed by atoms with E-state index in [1.807, 2.05) is 0 Å². The van der Waals surface area contributed by atoms with Crippen LogP contribution in [0.5, 0.6) is 0 Å². The predicted octanol–water partition coefficient (Wildman–Crippen LogP) is 8.94. The van der Waals surface area contributed by atoms with E-state index < -0.39 is 28.5 Å². The number of hydrogen-bond donors (Lipinski definition) is 0. The second-order valence-electron chi connectivity index (χ2n) is 16.4. The summed E-state index contributed by atoms with van der Waals surface area (Å²) in [7, 11) is -4.69. The molecule has 4 atom stereocenters. The number of benzene rings is 2. The molecule has 1 spiro atoms. The standard InChI is InChI=1S/C40H60O5Si2/c1-12-13-24-36-44-37(41)40(45-36)27-31(3)32(26-33(40)25-30(2)28-42-46(10,11)38(4,5)6)29-43-47(39(7,8)9,34-20-16-14-17-21-34)35-22-18-15-19-23-35/h14-23,25-26,31,33,36H,12-13,24,27-29H2,1-11H3/b30-25+/t31-,33-,36-,40-/m0/s1. The van der Waals surface area contributed by atoms with Crippen LogP contribution in [-0.4, -0.2) is 47.7 Å². The molecule has 0 aromatic heterocycles. The first kappa shape index (κ1) is 37.5. The molecular weight excluding hydrogens is 617 g/mol. The van der Waals surface area contributed by atoms with E-state index in [9.17, 15) is 4.79 Å². The van der Waals surface area contributed by atoms with Crippen molar-refractivity contribution in [3.63, 3.8) is 0 Å². The maximum atomic E-state index is 13.8. The smallest absolute Gasteiger partial charge is 0.341 e. The first-order valence-corrected chi connectivity index (χ1v) is 22.4. The molecule has 0 amide bonds. The zero-order valence-corrected chi connectivity index (χ0v) is 32.9. The van der Waals surface area contributed by atoms with Gasteiger partial charge in [-0.3, -0.25) is 0 Å². The van der Waals surface area contributed by atoms with Gasteiger partial charge < -0.3 is 18.3 Å². The number of carbonyl (C=O) groups is 1. The van der Waals surface area contributed by atoms with E-state index in [2.05, 4.69) is 148 Å². The summed E-state index contributed by atoms with van der Waals surface area (Å²) < 4.78 is 26.6. The van der Waals surface area contributed by atoms with Crippen LogP contribution in [0.4, 0.5) is 0 Å². The molecule has 0 N–H and O–H groups in total. The molecule has 5 nitrogen and oxygen atoms in total. The molecule has 1 fully saturated rings. The zero-order chi connectivity index (χ0) is 34.7. The summed E-state index contributed by atoms with van der Waals surface area (Å²) in [5, 5.41) is 2.51. The summed E-state index contributed by atoms with van der Waals surface area (Å²) in [6.07, 6.45) is 7.21. The molecule has 0 bridgehead atoms. The number of cyclic esters (lactones) is 1. The fourth-order valence-electron chi connectivity index (χ4n) is 6.80. The second kappa shape index (κ2) is 14.7. The molecular formula is C40H60O5Si2. The summed E-state index contributed by atoms with van der Waals surface area (Å²) in [4.78, 5) is 13.8. The Balaban J connectivity index is 1.74. The summed E-state index contributed by atoms with van der Waals surface area (Å²) in [6, 6.07) is 21.5. The van der Waals surface area contributed by atoms with Crippen molar-refractivity contribution in [1.29, 1.82) is 0 Å². The van der Waals surface area contributed by atoms with Gasteiger partial charge in [0, 0.05) is 12.3 Å². The van der Waals surface area contributed by atoms with Crippen LogP contribution in [0.1, 0.15) is 88.0 Å². The van der Waals surface area contributed by atoms with Crippen LogP contribution in [0.3, 0.4) is 0 Å². The SMILES string of the molecule is CCCC[C@H]1OC(=O)[C@@]2(C[C@H](C)C(CO[Si](c3ccccc3)(c3ccccc3)C(C)(C)C)=C[C@@H]2/C=C(\C)CO[Si](C)(C)C(C)(C)C)O1. The van der Waals surface area contributed by atoms with Crippen LogP contribution >= 0.6 is 0 Å². The average molecular weight is 677 g/mol. The zero-order valence-electron chi connectivity index (χ0n) is 30.9. The molecule has 2 aromatic rings. The molecule has 7 heteroatoms. The van der Waals surface area contributed by atoms with E-state index in [1.165, 1.54) is 15.9 Å². The lowest BCUT2D eigenvalue weighted by atomic mass is 9.71. The van der Waals surface area contributed by atoms with Crippen molar-refractivity contribution in [3.8, 4) is 0 Å². The molecule has 1 aliphatic carbocycles. The lowest BCUT2D eigenvalue weighted by molar-refractivity contribution is -0.147. The number of esters is 1. The second-order valence-corrected chi connectivity index (χ2v) is 25.5. The predicted molar refractivity (Wildman–Crippen MR) is 199 cm³/mol. The molecule has 4 rings (SSSR count). The summed E-state index contributed by atoms with van der Waals surface area (Å²) in [6.45, 7) is 25.7. The number of carbonyl (C=O) groups excluding carboxylic acids is 1. The Kier molecular flexibility index (Phi) is 11.7. The maximum absolute atomic E-state index is 13.8.